The number of anilines is 1. The van der Waals surface area contributed by atoms with Gasteiger partial charge in [0.05, 0.1) is 23.3 Å². The number of phenols is 2. The maximum atomic E-state index is 10.4. The van der Waals surface area contributed by atoms with Crippen LogP contribution in [0.15, 0.2) is 59.6 Å². The number of hydrogen-bond donors (Lipinski definition) is 2. The van der Waals surface area contributed by atoms with E-state index in [0.717, 1.165) is 16.5 Å². The summed E-state index contributed by atoms with van der Waals surface area (Å²) in [6.45, 7) is 1.80. The van der Waals surface area contributed by atoms with Gasteiger partial charge in [0.2, 0.25) is 0 Å². The van der Waals surface area contributed by atoms with Gasteiger partial charge in [-0.1, -0.05) is 48.6 Å². The second kappa shape index (κ2) is 7.63. The third kappa shape index (κ3) is 3.44. The Morgan fingerprint density at radius 3 is 2.41 bits per heavy atom. The van der Waals surface area contributed by atoms with Gasteiger partial charge in [0, 0.05) is 18.5 Å². The van der Waals surface area contributed by atoms with Crippen molar-refractivity contribution in [2.24, 2.45) is 4.99 Å². The fourth-order valence-electron chi connectivity index (χ4n) is 3.08. The van der Waals surface area contributed by atoms with Crippen molar-refractivity contribution in [2.45, 2.75) is 6.92 Å². The molecule has 0 aliphatic rings. The summed E-state index contributed by atoms with van der Waals surface area (Å²) < 4.78 is 5.18. The fourth-order valence-corrected chi connectivity index (χ4v) is 3.26. The van der Waals surface area contributed by atoms with Gasteiger partial charge in [-0.05, 0) is 24.4 Å². The molecule has 5 nitrogen and oxygen atoms in total. The molecule has 0 unspecified atom stereocenters. The van der Waals surface area contributed by atoms with Crippen LogP contribution >= 0.6 is 12.2 Å². The first-order chi connectivity index (χ1) is 13.0. The van der Waals surface area contributed by atoms with E-state index in [1.54, 1.807) is 20.0 Å². The second-order valence-corrected chi connectivity index (χ2v) is 6.53. The minimum Gasteiger partial charge on any atom is -0.507 e. The zero-order chi connectivity index (χ0) is 19.6. The molecule has 3 aromatic rings. The van der Waals surface area contributed by atoms with E-state index in [1.807, 2.05) is 47.4 Å². The van der Waals surface area contributed by atoms with Crippen LogP contribution in [0.3, 0.4) is 0 Å². The average Bonchev–Trinajstić information content (AvgIpc) is 2.66. The largest absolute Gasteiger partial charge is 0.507 e. The number of rotatable bonds is 3. The van der Waals surface area contributed by atoms with Gasteiger partial charge in [-0.2, -0.15) is 0 Å². The van der Waals surface area contributed by atoms with Crippen LogP contribution in [-0.4, -0.2) is 35.2 Å². The maximum Gasteiger partial charge on any atom is 0.161 e. The van der Waals surface area contributed by atoms with E-state index in [1.165, 1.54) is 13.2 Å². The smallest absolute Gasteiger partial charge is 0.161 e. The van der Waals surface area contributed by atoms with Crippen molar-refractivity contribution in [2.75, 3.05) is 19.1 Å². The zero-order valence-corrected chi connectivity index (χ0v) is 16.1. The Kier molecular flexibility index (Phi) is 5.28. The molecule has 0 aromatic heterocycles. The van der Waals surface area contributed by atoms with Crippen LogP contribution in [0.5, 0.6) is 17.2 Å². The Hall–Kier alpha value is -3.12. The lowest BCUT2D eigenvalue weighted by atomic mass is 10.1. The van der Waals surface area contributed by atoms with E-state index in [-0.39, 0.29) is 17.2 Å². The number of methoxy groups -OCH3 is 1. The van der Waals surface area contributed by atoms with Gasteiger partial charge in [0.25, 0.3) is 0 Å². The van der Waals surface area contributed by atoms with Gasteiger partial charge >= 0.3 is 0 Å². The van der Waals surface area contributed by atoms with Gasteiger partial charge in [-0.25, -0.2) is 0 Å². The van der Waals surface area contributed by atoms with Gasteiger partial charge < -0.3 is 14.9 Å². The normalized spacial score (nSPS) is 11.4. The van der Waals surface area contributed by atoms with E-state index in [4.69, 9.17) is 17.0 Å². The highest BCUT2D eigenvalue weighted by Crippen LogP contribution is 2.36. The summed E-state index contributed by atoms with van der Waals surface area (Å²) in [5.41, 5.74) is 1.26. The summed E-state index contributed by atoms with van der Waals surface area (Å²) in [5.74, 6) is 0.430. The van der Waals surface area contributed by atoms with Gasteiger partial charge in [0.15, 0.2) is 11.5 Å². The Balaban J connectivity index is 2.24. The van der Waals surface area contributed by atoms with Crippen molar-refractivity contribution in [1.82, 2.24) is 0 Å². The first-order valence-electron chi connectivity index (χ1n) is 8.33. The van der Waals surface area contributed by atoms with E-state index in [0.29, 0.717) is 16.4 Å². The van der Waals surface area contributed by atoms with Crippen LogP contribution in [0.2, 0.25) is 0 Å². The second-order valence-electron chi connectivity index (χ2n) is 5.94. The molecule has 0 radical (unpaired) electrons. The number of aromatic hydroxyl groups is 2. The predicted molar refractivity (Wildman–Crippen MR) is 113 cm³/mol. The molecule has 138 valence electrons. The molecule has 0 bridgehead atoms. The minimum atomic E-state index is -0.148. The third-order valence-corrected chi connectivity index (χ3v) is 4.47. The molecule has 0 saturated heterocycles. The molecule has 27 heavy (non-hydrogen) atoms. The highest BCUT2D eigenvalue weighted by molar-refractivity contribution is 7.80. The van der Waals surface area contributed by atoms with E-state index >= 15 is 0 Å². The van der Waals surface area contributed by atoms with Crippen molar-refractivity contribution < 1.29 is 14.9 Å². The monoisotopic (exact) mass is 380 g/mol. The molecule has 0 fully saturated rings. The zero-order valence-electron chi connectivity index (χ0n) is 15.3. The molecule has 0 amide bonds. The molecule has 0 aliphatic heterocycles. The number of nitrogens with zero attached hydrogens (tertiary/aromatic N) is 2. The van der Waals surface area contributed by atoms with Crippen molar-refractivity contribution in [3.63, 3.8) is 0 Å². The lowest BCUT2D eigenvalue weighted by molar-refractivity contribution is 0.369. The number of aliphatic imine (C=N–C) groups is 1. The van der Waals surface area contributed by atoms with Crippen molar-refractivity contribution in [3.05, 3.63) is 60.2 Å². The molecule has 0 heterocycles. The number of thiocarbonyl (C=S) groups is 1. The fraction of sp³-hybridized carbons (Fsp3) is 0.143. The Morgan fingerprint density at radius 1 is 1.04 bits per heavy atom. The number of phenolic OH excluding ortho intramolecular Hbond substituents is 2. The molecular weight excluding hydrogens is 360 g/mol. The molecule has 0 spiro atoms. The lowest BCUT2D eigenvalue weighted by Crippen LogP contribution is -2.35. The number of fused-ring (bicyclic) bond motifs is 1. The van der Waals surface area contributed by atoms with Crippen molar-refractivity contribution >= 4 is 39.5 Å². The van der Waals surface area contributed by atoms with E-state index < -0.39 is 0 Å². The summed E-state index contributed by atoms with van der Waals surface area (Å²) in [6, 6.07) is 16.7. The van der Waals surface area contributed by atoms with Crippen LogP contribution in [0, 0.1) is 0 Å². The predicted octanol–water partition coefficient (Wildman–Crippen LogP) is 4.49. The van der Waals surface area contributed by atoms with Crippen LogP contribution in [0.25, 0.3) is 10.8 Å². The molecule has 0 aliphatic carbocycles. The summed E-state index contributed by atoms with van der Waals surface area (Å²) in [5, 5.41) is 22.4. The minimum absolute atomic E-state index is 0.115. The summed E-state index contributed by atoms with van der Waals surface area (Å²) in [7, 11) is 3.08. The first kappa shape index (κ1) is 18.7. The number of benzene rings is 3. The molecule has 0 saturated carbocycles. The van der Waals surface area contributed by atoms with Crippen LogP contribution in [0.4, 0.5) is 5.69 Å². The SMILES string of the molecule is CN=C(c1cc(OC)c(O)cc1O)N(C(C)=S)c1cccc2ccccc12. The van der Waals surface area contributed by atoms with Crippen LogP contribution < -0.4 is 9.64 Å². The summed E-state index contributed by atoms with van der Waals surface area (Å²) in [4.78, 5) is 6.76. The number of ether oxygens (including phenoxy) is 1. The highest BCUT2D eigenvalue weighted by Gasteiger charge is 2.23. The van der Waals surface area contributed by atoms with E-state index in [2.05, 4.69) is 4.99 Å². The summed E-state index contributed by atoms with van der Waals surface area (Å²) in [6.07, 6.45) is 0. The molecule has 3 aromatic carbocycles. The molecule has 2 N–H and O–H groups in total. The highest BCUT2D eigenvalue weighted by atomic mass is 32.1. The molecular formula is C21H20N2O3S. The summed E-state index contributed by atoms with van der Waals surface area (Å²) >= 11 is 5.52. The first-order valence-corrected chi connectivity index (χ1v) is 8.74. The van der Waals surface area contributed by atoms with Crippen molar-refractivity contribution in [3.8, 4) is 17.2 Å². The van der Waals surface area contributed by atoms with Gasteiger partial charge in [0.1, 0.15) is 11.6 Å². The lowest BCUT2D eigenvalue weighted by Gasteiger charge is -2.27. The molecule has 3 rings (SSSR count). The average molecular weight is 380 g/mol. The number of amidine groups is 1. The topological polar surface area (TPSA) is 65.3 Å². The van der Waals surface area contributed by atoms with Crippen LogP contribution in [0.1, 0.15) is 12.5 Å². The van der Waals surface area contributed by atoms with Gasteiger partial charge in [-0.3, -0.25) is 9.89 Å². The Morgan fingerprint density at radius 2 is 1.74 bits per heavy atom. The van der Waals surface area contributed by atoms with Gasteiger partial charge in [-0.15, -0.1) is 0 Å². The standard InChI is InChI=1S/C21H20N2O3S/c1-13(27)23(17-10-6-8-14-7-4-5-9-15(14)17)21(22-2)16-11-20(26-3)19(25)12-18(16)24/h4-12,24-25H,1-3H3. The third-order valence-electron chi connectivity index (χ3n) is 4.28. The van der Waals surface area contributed by atoms with Crippen LogP contribution in [-0.2, 0) is 0 Å². The molecule has 0 atom stereocenters. The Labute approximate surface area is 163 Å². The number of hydrogen-bond acceptors (Lipinski definition) is 5. The van der Waals surface area contributed by atoms with Crippen molar-refractivity contribution in [1.29, 1.82) is 0 Å². The Bertz CT molecular complexity index is 1040. The van der Waals surface area contributed by atoms with E-state index in [9.17, 15) is 10.2 Å². The maximum absolute atomic E-state index is 10.4. The molecule has 6 heteroatoms. The quantitative estimate of drug-likeness (QED) is 0.398.